The number of hydrogen-bond donors (Lipinski definition) is 6. The Bertz CT molecular complexity index is 815. The maximum Gasteiger partial charge on any atom is 0.124 e. The minimum atomic E-state index is -4.68. The SMILES string of the molecule is O=S(=O)([O-])c1ccccc1CN1CCN([C@H](CO)[C@H](O)CO)CCN([C@H](CO)[C@H](O)CO)CC1. The first-order valence-corrected chi connectivity index (χ1v) is 12.6. The van der Waals surface area contributed by atoms with Gasteiger partial charge in [-0.1, -0.05) is 18.2 Å². The summed E-state index contributed by atoms with van der Waals surface area (Å²) in [5, 5.41) is 58.8. The number of benzene rings is 1. The topological polar surface area (TPSA) is 188 Å². The lowest BCUT2D eigenvalue weighted by atomic mass is 10.1. The lowest BCUT2D eigenvalue weighted by molar-refractivity contribution is -0.0301. The van der Waals surface area contributed by atoms with Gasteiger partial charge in [-0.05, 0) is 11.6 Å². The zero-order valence-corrected chi connectivity index (χ0v) is 19.9. The van der Waals surface area contributed by atoms with E-state index in [1.807, 2.05) is 4.90 Å². The third kappa shape index (κ3) is 7.90. The van der Waals surface area contributed by atoms with Crippen molar-refractivity contribution < 1.29 is 43.6 Å². The van der Waals surface area contributed by atoms with Gasteiger partial charge in [-0.2, -0.15) is 0 Å². The normalized spacial score (nSPS) is 21.3. The molecule has 0 saturated carbocycles. The average molecular weight is 507 g/mol. The molecule has 0 unspecified atom stereocenters. The van der Waals surface area contributed by atoms with Gasteiger partial charge in [-0.25, -0.2) is 8.42 Å². The lowest BCUT2D eigenvalue weighted by Gasteiger charge is -2.36. The minimum Gasteiger partial charge on any atom is -0.744 e. The zero-order chi connectivity index (χ0) is 25.3. The highest BCUT2D eigenvalue weighted by Crippen LogP contribution is 2.18. The quantitative estimate of drug-likeness (QED) is 0.162. The van der Waals surface area contributed by atoms with E-state index < -0.39 is 60.8 Å². The molecule has 1 aliphatic heterocycles. The molecule has 196 valence electrons. The van der Waals surface area contributed by atoms with Crippen molar-refractivity contribution in [3.63, 3.8) is 0 Å². The number of rotatable bonds is 11. The van der Waals surface area contributed by atoms with Crippen molar-refractivity contribution >= 4 is 10.1 Å². The fourth-order valence-corrected chi connectivity index (χ4v) is 4.98. The summed E-state index contributed by atoms with van der Waals surface area (Å²) in [6.45, 7) is 0.362. The molecule has 1 aromatic rings. The molecule has 12 nitrogen and oxygen atoms in total. The largest absolute Gasteiger partial charge is 0.744 e. The van der Waals surface area contributed by atoms with Gasteiger partial charge in [0.1, 0.15) is 10.1 Å². The van der Waals surface area contributed by atoms with Crippen molar-refractivity contribution in [1.29, 1.82) is 0 Å². The lowest BCUT2D eigenvalue weighted by Crippen LogP contribution is -2.53. The third-order valence-corrected chi connectivity index (χ3v) is 7.23. The van der Waals surface area contributed by atoms with E-state index in [4.69, 9.17) is 0 Å². The second-order valence-corrected chi connectivity index (χ2v) is 9.76. The van der Waals surface area contributed by atoms with Gasteiger partial charge >= 0.3 is 0 Å². The molecule has 6 N–H and O–H groups in total. The van der Waals surface area contributed by atoms with Crippen molar-refractivity contribution in [2.24, 2.45) is 0 Å². The second-order valence-electron chi connectivity index (χ2n) is 8.41. The fourth-order valence-electron chi connectivity index (χ4n) is 4.28. The van der Waals surface area contributed by atoms with E-state index in [1.165, 1.54) is 12.1 Å². The molecule has 0 spiro atoms. The Morgan fingerprint density at radius 2 is 1.21 bits per heavy atom. The van der Waals surface area contributed by atoms with E-state index >= 15 is 0 Å². The van der Waals surface area contributed by atoms with Crippen molar-refractivity contribution in [1.82, 2.24) is 14.7 Å². The van der Waals surface area contributed by atoms with Gasteiger partial charge in [-0.15, -0.1) is 0 Å². The second kappa shape index (κ2) is 13.8. The van der Waals surface area contributed by atoms with Crippen molar-refractivity contribution in [3.05, 3.63) is 29.8 Å². The van der Waals surface area contributed by atoms with Crippen LogP contribution in [0.25, 0.3) is 0 Å². The van der Waals surface area contributed by atoms with Crippen LogP contribution in [0, 0.1) is 0 Å². The van der Waals surface area contributed by atoms with Gasteiger partial charge in [0.25, 0.3) is 0 Å². The predicted octanol–water partition coefficient (Wildman–Crippen LogP) is -3.56. The van der Waals surface area contributed by atoms with Gasteiger partial charge in [0.15, 0.2) is 0 Å². The van der Waals surface area contributed by atoms with E-state index in [0.29, 0.717) is 44.8 Å². The Balaban J connectivity index is 2.33. The summed E-state index contributed by atoms with van der Waals surface area (Å²) in [7, 11) is -4.68. The van der Waals surface area contributed by atoms with Crippen LogP contribution in [0.4, 0.5) is 0 Å². The van der Waals surface area contributed by atoms with Crippen molar-refractivity contribution in [2.75, 3.05) is 65.7 Å². The maximum atomic E-state index is 11.7. The van der Waals surface area contributed by atoms with Crippen LogP contribution in [0.15, 0.2) is 29.2 Å². The van der Waals surface area contributed by atoms with Crippen LogP contribution >= 0.6 is 0 Å². The smallest absolute Gasteiger partial charge is 0.124 e. The predicted molar refractivity (Wildman–Crippen MR) is 121 cm³/mol. The van der Waals surface area contributed by atoms with E-state index in [1.54, 1.807) is 21.9 Å². The molecular formula is C21H36N3O9S-. The molecule has 1 aliphatic rings. The summed E-state index contributed by atoms with van der Waals surface area (Å²) in [5.41, 5.74) is 0.332. The summed E-state index contributed by atoms with van der Waals surface area (Å²) < 4.78 is 35.1. The van der Waals surface area contributed by atoms with Crippen LogP contribution in [0.3, 0.4) is 0 Å². The summed E-state index contributed by atoms with van der Waals surface area (Å²) in [6.07, 6.45) is -2.40. The van der Waals surface area contributed by atoms with E-state index in [0.717, 1.165) is 0 Å². The maximum absolute atomic E-state index is 11.7. The van der Waals surface area contributed by atoms with Gasteiger partial charge in [0.2, 0.25) is 0 Å². The molecule has 0 aliphatic carbocycles. The minimum absolute atomic E-state index is 0.137. The molecule has 0 radical (unpaired) electrons. The van der Waals surface area contributed by atoms with Gasteiger partial charge in [0, 0.05) is 45.8 Å². The van der Waals surface area contributed by atoms with Gasteiger partial charge in [0.05, 0.1) is 55.6 Å². The summed E-state index contributed by atoms with van der Waals surface area (Å²) >= 11 is 0. The monoisotopic (exact) mass is 506 g/mol. The number of aliphatic hydroxyl groups excluding tert-OH is 6. The highest BCUT2D eigenvalue weighted by molar-refractivity contribution is 7.85. The van der Waals surface area contributed by atoms with Crippen LogP contribution in [0.1, 0.15) is 5.56 Å². The number of nitrogens with zero attached hydrogens (tertiary/aromatic N) is 3. The molecule has 0 aromatic heterocycles. The van der Waals surface area contributed by atoms with Crippen LogP contribution in [0.5, 0.6) is 0 Å². The molecule has 1 saturated heterocycles. The Labute approximate surface area is 200 Å². The number of aliphatic hydroxyl groups is 6. The fraction of sp³-hybridized carbons (Fsp3) is 0.714. The zero-order valence-electron chi connectivity index (χ0n) is 19.1. The summed E-state index contributed by atoms with van der Waals surface area (Å²) in [5.74, 6) is 0. The van der Waals surface area contributed by atoms with Crippen LogP contribution in [-0.4, -0.2) is 148 Å². The molecule has 0 bridgehead atoms. The van der Waals surface area contributed by atoms with Crippen LogP contribution in [-0.2, 0) is 16.7 Å². The molecular weight excluding hydrogens is 470 g/mol. The van der Waals surface area contributed by atoms with Gasteiger partial charge in [-0.3, -0.25) is 14.7 Å². The van der Waals surface area contributed by atoms with Crippen LogP contribution < -0.4 is 0 Å². The van der Waals surface area contributed by atoms with E-state index in [9.17, 15) is 43.6 Å². The standard InChI is InChI=1S/C21H37N3O9S/c25-12-17(19(29)14-27)23-7-5-22(11-16-3-1-2-4-21(16)34(31,32)33)6-8-24(10-9-23)18(13-26)20(30)15-28/h1-4,17-20,25-30H,5-15H2,(H,31,32,33)/p-1/t17-,18-,19-,20-/m1/s1. The molecule has 34 heavy (non-hydrogen) atoms. The molecule has 1 heterocycles. The highest BCUT2D eigenvalue weighted by atomic mass is 32.2. The molecule has 1 fully saturated rings. The first kappa shape index (κ1) is 29.0. The first-order valence-electron chi connectivity index (χ1n) is 11.2. The van der Waals surface area contributed by atoms with E-state index in [2.05, 4.69) is 0 Å². The van der Waals surface area contributed by atoms with Crippen molar-refractivity contribution in [2.45, 2.75) is 35.7 Å². The molecule has 2 rings (SSSR count). The average Bonchev–Trinajstić information content (AvgIpc) is 2.91. The Kier molecular flexibility index (Phi) is 11.7. The molecule has 4 atom stereocenters. The Morgan fingerprint density at radius 1 is 0.765 bits per heavy atom. The number of hydrogen-bond acceptors (Lipinski definition) is 12. The Hall–Kier alpha value is -1.23. The molecule has 1 aromatic carbocycles. The molecule has 13 heteroatoms. The third-order valence-electron chi connectivity index (χ3n) is 6.29. The van der Waals surface area contributed by atoms with E-state index in [-0.39, 0.29) is 11.4 Å². The summed E-state index contributed by atoms with van der Waals surface area (Å²) in [4.78, 5) is 5.15. The van der Waals surface area contributed by atoms with Crippen LogP contribution in [0.2, 0.25) is 0 Å². The van der Waals surface area contributed by atoms with Gasteiger partial charge < -0.3 is 35.2 Å². The first-order chi connectivity index (χ1) is 16.2. The molecule has 0 amide bonds. The van der Waals surface area contributed by atoms with Crippen molar-refractivity contribution in [3.8, 4) is 0 Å². The Morgan fingerprint density at radius 3 is 1.62 bits per heavy atom. The highest BCUT2D eigenvalue weighted by Gasteiger charge is 2.30. The summed E-state index contributed by atoms with van der Waals surface area (Å²) in [6, 6.07) is 4.39.